The molecule has 2 aliphatic heterocycles. The Hall–Kier alpha value is -3.63. The van der Waals surface area contributed by atoms with Crippen LogP contribution in [0, 0.1) is 5.82 Å². The number of amides is 2. The normalized spacial score (nSPS) is 17.2. The van der Waals surface area contributed by atoms with Gasteiger partial charge < -0.3 is 20.4 Å². The van der Waals surface area contributed by atoms with E-state index in [1.807, 2.05) is 0 Å². The minimum absolute atomic E-state index is 0.0110. The minimum Gasteiger partial charge on any atom is -0.367 e. The third kappa shape index (κ3) is 5.14. The zero-order valence-corrected chi connectivity index (χ0v) is 19.8. The lowest BCUT2D eigenvalue weighted by molar-refractivity contribution is -0.137. The lowest BCUT2D eigenvalue weighted by atomic mass is 10.0. The second kappa shape index (κ2) is 10.2. The van der Waals surface area contributed by atoms with E-state index in [1.54, 1.807) is 15.9 Å². The summed E-state index contributed by atoms with van der Waals surface area (Å²) in [7, 11) is 0. The topological polar surface area (TPSA) is 77.6 Å². The predicted octanol–water partition coefficient (Wildman–Crippen LogP) is 4.27. The number of carbonyl (C=O) groups is 2. The summed E-state index contributed by atoms with van der Waals surface area (Å²) in [5.41, 5.74) is -0.642. The van der Waals surface area contributed by atoms with Crippen molar-refractivity contribution >= 4 is 29.0 Å². The number of piperazine rings is 1. The molecule has 1 unspecified atom stereocenters. The number of unbranched alkanes of at least 4 members (excludes halogenated alkanes) is 2. The quantitative estimate of drug-likeness (QED) is 0.434. The number of anilines is 2. The number of rotatable bonds is 7. The maximum Gasteiger partial charge on any atom is 0.417 e. The Morgan fingerprint density at radius 2 is 2.03 bits per heavy atom. The number of halogens is 4. The molecule has 0 saturated carbocycles. The number of hydrogen-bond acceptors (Lipinski definition) is 5. The van der Waals surface area contributed by atoms with Crippen LogP contribution in [0.25, 0.3) is 5.70 Å². The summed E-state index contributed by atoms with van der Waals surface area (Å²) in [4.78, 5) is 33.1. The van der Waals surface area contributed by atoms with Gasteiger partial charge in [0.05, 0.1) is 16.8 Å². The average molecular weight is 506 g/mol. The van der Waals surface area contributed by atoms with Crippen molar-refractivity contribution in [2.24, 2.45) is 0 Å². The molecule has 2 amide bonds. The zero-order chi connectivity index (χ0) is 26.0. The molecule has 3 heterocycles. The number of alkyl halides is 3. The highest BCUT2D eigenvalue weighted by Gasteiger charge is 2.40. The molecule has 0 radical (unpaired) electrons. The molecule has 0 spiro atoms. The Bertz CT molecular complexity index is 1180. The van der Waals surface area contributed by atoms with Crippen molar-refractivity contribution in [1.29, 1.82) is 0 Å². The largest absolute Gasteiger partial charge is 0.417 e. The van der Waals surface area contributed by atoms with E-state index in [2.05, 4.69) is 29.1 Å². The molecule has 7 nitrogen and oxygen atoms in total. The summed E-state index contributed by atoms with van der Waals surface area (Å²) in [6.45, 7) is 6.97. The van der Waals surface area contributed by atoms with Crippen LogP contribution in [0.4, 0.5) is 29.1 Å². The molecule has 0 bridgehead atoms. The van der Waals surface area contributed by atoms with Gasteiger partial charge in [-0.25, -0.2) is 9.37 Å². The fourth-order valence-corrected chi connectivity index (χ4v) is 4.48. The molecule has 1 fully saturated rings. The van der Waals surface area contributed by atoms with Gasteiger partial charge in [-0.3, -0.25) is 9.59 Å². The van der Waals surface area contributed by atoms with Crippen LogP contribution in [0.5, 0.6) is 0 Å². The van der Waals surface area contributed by atoms with Crippen molar-refractivity contribution in [2.75, 3.05) is 36.4 Å². The monoisotopic (exact) mass is 505 g/mol. The van der Waals surface area contributed by atoms with Gasteiger partial charge in [-0.1, -0.05) is 26.3 Å². The van der Waals surface area contributed by atoms with E-state index in [9.17, 15) is 27.2 Å². The lowest BCUT2D eigenvalue weighted by Crippen LogP contribution is -2.59. The average Bonchev–Trinajstić information content (AvgIpc) is 2.84. The second-order valence-corrected chi connectivity index (χ2v) is 8.84. The number of pyridine rings is 1. The first kappa shape index (κ1) is 25.5. The SMILES string of the molecule is C=C(c1cc(F)ccc1C(F)(F)F)N1CCN2c3ncc(C(=O)NCCCCC)cc3NC(=O)C2C1. The first-order chi connectivity index (χ1) is 17.1. The molecule has 1 saturated heterocycles. The lowest BCUT2D eigenvalue weighted by Gasteiger charge is -2.45. The van der Waals surface area contributed by atoms with Gasteiger partial charge in [0.15, 0.2) is 5.82 Å². The summed E-state index contributed by atoms with van der Waals surface area (Å²) < 4.78 is 54.3. The van der Waals surface area contributed by atoms with Gasteiger partial charge in [0, 0.05) is 43.6 Å². The van der Waals surface area contributed by atoms with Crippen LogP contribution in [0.15, 0.2) is 37.0 Å². The van der Waals surface area contributed by atoms with E-state index in [4.69, 9.17) is 0 Å². The van der Waals surface area contributed by atoms with E-state index >= 15 is 0 Å². The summed E-state index contributed by atoms with van der Waals surface area (Å²) in [5.74, 6) is -0.988. The molecule has 0 aliphatic carbocycles. The second-order valence-electron chi connectivity index (χ2n) is 8.84. The van der Waals surface area contributed by atoms with Gasteiger partial charge >= 0.3 is 6.18 Å². The third-order valence-electron chi connectivity index (χ3n) is 6.39. The number of nitrogens with zero attached hydrogens (tertiary/aromatic N) is 3. The number of fused-ring (bicyclic) bond motifs is 3. The zero-order valence-electron chi connectivity index (χ0n) is 19.8. The number of aromatic nitrogens is 1. The van der Waals surface area contributed by atoms with Crippen molar-refractivity contribution in [2.45, 2.75) is 38.4 Å². The van der Waals surface area contributed by atoms with Crippen molar-refractivity contribution < 1.29 is 27.2 Å². The Kier molecular flexibility index (Phi) is 7.18. The molecule has 36 heavy (non-hydrogen) atoms. The summed E-state index contributed by atoms with van der Waals surface area (Å²) >= 11 is 0. The van der Waals surface area contributed by atoms with Crippen molar-refractivity contribution in [3.63, 3.8) is 0 Å². The van der Waals surface area contributed by atoms with Gasteiger partial charge in [-0.05, 0) is 30.7 Å². The number of benzene rings is 1. The molecule has 192 valence electrons. The van der Waals surface area contributed by atoms with Crippen LogP contribution in [0.3, 0.4) is 0 Å². The molecule has 4 rings (SSSR count). The minimum atomic E-state index is -4.68. The molecular weight excluding hydrogens is 478 g/mol. The summed E-state index contributed by atoms with van der Waals surface area (Å²) in [5, 5.41) is 5.59. The Balaban J connectivity index is 1.51. The molecule has 2 aromatic rings. The van der Waals surface area contributed by atoms with Crippen molar-refractivity contribution in [3.8, 4) is 0 Å². The van der Waals surface area contributed by atoms with Gasteiger partial charge in [0.25, 0.3) is 5.91 Å². The highest BCUT2D eigenvalue weighted by Crippen LogP contribution is 2.38. The van der Waals surface area contributed by atoms with Crippen LogP contribution in [0.1, 0.15) is 47.7 Å². The molecule has 2 N–H and O–H groups in total. The fourth-order valence-electron chi connectivity index (χ4n) is 4.48. The molecule has 1 atom stereocenters. The van der Waals surface area contributed by atoms with Gasteiger partial charge in [0.1, 0.15) is 11.9 Å². The molecule has 1 aromatic carbocycles. The maximum absolute atomic E-state index is 13.8. The first-order valence-electron chi connectivity index (χ1n) is 11.8. The van der Waals surface area contributed by atoms with Crippen LogP contribution in [-0.4, -0.2) is 53.9 Å². The Morgan fingerprint density at radius 3 is 2.75 bits per heavy atom. The van der Waals surface area contributed by atoms with Gasteiger partial charge in [-0.15, -0.1) is 0 Å². The van der Waals surface area contributed by atoms with Crippen LogP contribution >= 0.6 is 0 Å². The van der Waals surface area contributed by atoms with Crippen molar-refractivity contribution in [3.05, 3.63) is 59.5 Å². The highest BCUT2D eigenvalue weighted by molar-refractivity contribution is 6.05. The molecule has 2 aliphatic rings. The van der Waals surface area contributed by atoms with Crippen molar-refractivity contribution in [1.82, 2.24) is 15.2 Å². The summed E-state index contributed by atoms with van der Waals surface area (Å²) in [6, 6.07) is 3.08. The van der Waals surface area contributed by atoms with E-state index in [-0.39, 0.29) is 42.7 Å². The van der Waals surface area contributed by atoms with Gasteiger partial charge in [-0.2, -0.15) is 13.2 Å². The number of nitrogens with one attached hydrogen (secondary N) is 2. The third-order valence-corrected chi connectivity index (χ3v) is 6.39. The molecule has 1 aromatic heterocycles. The Labute approximate surface area is 206 Å². The standard InChI is InChI=1S/C25H27F4N5O2/c1-3-4-5-8-30-23(35)16-11-20-22(31-13-16)34-10-9-33(14-21(34)24(36)32-20)15(2)18-12-17(26)6-7-19(18)25(27,28)29/h6-7,11-13,21H,2-5,8-10,14H2,1H3,(H,30,35)(H,32,36). The molecular formula is C25H27F4N5O2. The Morgan fingerprint density at radius 1 is 1.25 bits per heavy atom. The van der Waals surface area contributed by atoms with E-state index in [0.29, 0.717) is 29.7 Å². The van der Waals surface area contributed by atoms with Crippen LogP contribution < -0.4 is 15.5 Å². The summed E-state index contributed by atoms with van der Waals surface area (Å²) in [6.07, 6.45) is -0.325. The molecule has 11 heteroatoms. The van der Waals surface area contributed by atoms with E-state index in [0.717, 1.165) is 31.4 Å². The van der Waals surface area contributed by atoms with E-state index in [1.165, 1.54) is 6.20 Å². The van der Waals surface area contributed by atoms with E-state index < -0.39 is 23.6 Å². The smallest absolute Gasteiger partial charge is 0.367 e. The fraction of sp³-hybridized carbons (Fsp3) is 0.400. The van der Waals surface area contributed by atoms with Crippen LogP contribution in [0.2, 0.25) is 0 Å². The first-order valence-corrected chi connectivity index (χ1v) is 11.8. The highest BCUT2D eigenvalue weighted by atomic mass is 19.4. The maximum atomic E-state index is 13.8. The number of hydrogen-bond donors (Lipinski definition) is 2. The predicted molar refractivity (Wildman–Crippen MR) is 128 cm³/mol. The number of carbonyl (C=O) groups excluding carboxylic acids is 2. The van der Waals surface area contributed by atoms with Gasteiger partial charge in [0.2, 0.25) is 5.91 Å². The van der Waals surface area contributed by atoms with Crippen LogP contribution in [-0.2, 0) is 11.0 Å².